The minimum atomic E-state index is -0.266. The molecule has 29 heavy (non-hydrogen) atoms. The summed E-state index contributed by atoms with van der Waals surface area (Å²) in [5, 5.41) is 4.07. The average Bonchev–Trinajstić information content (AvgIpc) is 3.17. The summed E-state index contributed by atoms with van der Waals surface area (Å²) >= 11 is 0. The molecule has 150 valence electrons. The Morgan fingerprint density at radius 3 is 2.76 bits per heavy atom. The van der Waals surface area contributed by atoms with Crippen LogP contribution in [-0.4, -0.2) is 71.4 Å². The van der Waals surface area contributed by atoms with Crippen molar-refractivity contribution in [2.24, 2.45) is 0 Å². The number of rotatable bonds is 5. The molecule has 3 aromatic rings. The summed E-state index contributed by atoms with van der Waals surface area (Å²) in [6, 6.07) is 11.4. The third-order valence-corrected chi connectivity index (χ3v) is 5.38. The van der Waals surface area contributed by atoms with Crippen LogP contribution in [0.4, 0.5) is 0 Å². The second kappa shape index (κ2) is 8.45. The van der Waals surface area contributed by atoms with Crippen molar-refractivity contribution < 1.29 is 9.59 Å². The van der Waals surface area contributed by atoms with Gasteiger partial charge in [0, 0.05) is 61.6 Å². The second-order valence-electron chi connectivity index (χ2n) is 7.39. The Morgan fingerprint density at radius 1 is 1.14 bits per heavy atom. The quantitative estimate of drug-likeness (QED) is 0.696. The summed E-state index contributed by atoms with van der Waals surface area (Å²) in [6.45, 7) is 3.61. The highest BCUT2D eigenvalue weighted by Crippen LogP contribution is 2.17. The van der Waals surface area contributed by atoms with Crippen LogP contribution in [0.2, 0.25) is 0 Å². The SMILES string of the molecule is CN1CCN(C(=O)c2ccnc(C(=O)NCCc3c[nH]c4ccccc34)c2)CC1. The largest absolute Gasteiger partial charge is 0.361 e. The smallest absolute Gasteiger partial charge is 0.269 e. The number of hydrogen-bond acceptors (Lipinski definition) is 4. The molecule has 0 aliphatic carbocycles. The number of pyridine rings is 1. The normalized spacial score (nSPS) is 14.9. The van der Waals surface area contributed by atoms with Crippen molar-refractivity contribution in [3.05, 3.63) is 65.6 Å². The Kier molecular flexibility index (Phi) is 5.57. The molecular weight excluding hydrogens is 366 g/mol. The molecule has 0 spiro atoms. The summed E-state index contributed by atoms with van der Waals surface area (Å²) in [5.41, 5.74) is 3.02. The lowest BCUT2D eigenvalue weighted by molar-refractivity contribution is 0.0664. The summed E-state index contributed by atoms with van der Waals surface area (Å²) in [4.78, 5) is 36.7. The van der Waals surface area contributed by atoms with Gasteiger partial charge in [0.15, 0.2) is 0 Å². The second-order valence-corrected chi connectivity index (χ2v) is 7.39. The maximum atomic E-state index is 12.7. The third kappa shape index (κ3) is 4.30. The summed E-state index contributed by atoms with van der Waals surface area (Å²) in [5.74, 6) is -0.314. The molecule has 1 aliphatic heterocycles. The van der Waals surface area contributed by atoms with Gasteiger partial charge in [0.25, 0.3) is 11.8 Å². The first-order chi connectivity index (χ1) is 14.1. The van der Waals surface area contributed by atoms with Crippen LogP contribution in [-0.2, 0) is 6.42 Å². The number of carbonyl (C=O) groups is 2. The predicted molar refractivity (Wildman–Crippen MR) is 112 cm³/mol. The minimum Gasteiger partial charge on any atom is -0.361 e. The van der Waals surface area contributed by atoms with E-state index in [1.807, 2.05) is 36.3 Å². The number of aromatic amines is 1. The highest BCUT2D eigenvalue weighted by Gasteiger charge is 2.21. The number of nitrogens with one attached hydrogen (secondary N) is 2. The highest BCUT2D eigenvalue weighted by atomic mass is 16.2. The first kappa shape index (κ1) is 19.1. The van der Waals surface area contributed by atoms with Crippen LogP contribution in [0, 0.1) is 0 Å². The van der Waals surface area contributed by atoms with Gasteiger partial charge in [0.05, 0.1) is 0 Å². The van der Waals surface area contributed by atoms with Gasteiger partial charge < -0.3 is 20.1 Å². The maximum Gasteiger partial charge on any atom is 0.269 e. The van der Waals surface area contributed by atoms with Crippen LogP contribution < -0.4 is 5.32 Å². The van der Waals surface area contributed by atoms with Crippen LogP contribution in [0.25, 0.3) is 10.9 Å². The zero-order chi connectivity index (χ0) is 20.2. The predicted octanol–water partition coefficient (Wildman–Crippen LogP) is 1.92. The number of aromatic nitrogens is 2. The van der Waals surface area contributed by atoms with Crippen molar-refractivity contribution in [2.45, 2.75) is 6.42 Å². The molecule has 3 heterocycles. The van der Waals surface area contributed by atoms with Gasteiger partial charge in [-0.1, -0.05) is 18.2 Å². The molecule has 7 heteroatoms. The van der Waals surface area contributed by atoms with Crippen molar-refractivity contribution in [1.82, 2.24) is 25.1 Å². The van der Waals surface area contributed by atoms with Crippen molar-refractivity contribution in [1.29, 1.82) is 0 Å². The van der Waals surface area contributed by atoms with Gasteiger partial charge >= 0.3 is 0 Å². The van der Waals surface area contributed by atoms with Crippen LogP contribution in [0.1, 0.15) is 26.4 Å². The van der Waals surface area contributed by atoms with E-state index in [1.165, 1.54) is 11.6 Å². The molecule has 4 rings (SSSR count). The highest BCUT2D eigenvalue weighted by molar-refractivity contribution is 5.98. The molecule has 0 radical (unpaired) electrons. The monoisotopic (exact) mass is 391 g/mol. The molecular formula is C22H25N5O2. The molecule has 2 aromatic heterocycles. The fraction of sp³-hybridized carbons (Fsp3) is 0.318. The standard InChI is InChI=1S/C22H25N5O2/c1-26-10-12-27(13-11-26)22(29)16-6-8-23-20(14-16)21(28)24-9-7-17-15-25-19-5-3-2-4-18(17)19/h2-6,8,14-15,25H,7,9-13H2,1H3,(H,24,28). The summed E-state index contributed by atoms with van der Waals surface area (Å²) in [6.07, 6.45) is 4.22. The molecule has 2 amide bonds. The number of para-hydroxylation sites is 1. The number of carbonyl (C=O) groups excluding carboxylic acids is 2. The van der Waals surface area contributed by atoms with Crippen molar-refractivity contribution in [3.63, 3.8) is 0 Å². The molecule has 1 saturated heterocycles. The Morgan fingerprint density at radius 2 is 1.93 bits per heavy atom. The van der Waals surface area contributed by atoms with E-state index < -0.39 is 0 Å². The Balaban J connectivity index is 1.36. The third-order valence-electron chi connectivity index (χ3n) is 5.38. The molecule has 7 nitrogen and oxygen atoms in total. The van der Waals surface area contributed by atoms with Crippen molar-refractivity contribution in [2.75, 3.05) is 39.8 Å². The van der Waals surface area contributed by atoms with Crippen LogP contribution in [0.3, 0.4) is 0 Å². The minimum absolute atomic E-state index is 0.0478. The van der Waals surface area contributed by atoms with E-state index in [0.29, 0.717) is 25.2 Å². The zero-order valence-corrected chi connectivity index (χ0v) is 16.5. The van der Waals surface area contributed by atoms with Gasteiger partial charge in [-0.05, 0) is 37.2 Å². The van der Waals surface area contributed by atoms with Crippen molar-refractivity contribution >= 4 is 22.7 Å². The number of likely N-dealkylation sites (N-methyl/N-ethyl adjacent to an activating group) is 1. The van der Waals surface area contributed by atoms with Crippen LogP contribution in [0.5, 0.6) is 0 Å². The topological polar surface area (TPSA) is 81.3 Å². The number of nitrogens with zero attached hydrogens (tertiary/aromatic N) is 3. The van der Waals surface area contributed by atoms with E-state index in [2.05, 4.69) is 26.3 Å². The summed E-state index contributed by atoms with van der Waals surface area (Å²) in [7, 11) is 2.05. The molecule has 2 N–H and O–H groups in total. The van der Waals surface area contributed by atoms with Crippen LogP contribution in [0.15, 0.2) is 48.8 Å². The molecule has 0 bridgehead atoms. The Labute approximate surface area is 169 Å². The Hall–Kier alpha value is -3.19. The molecule has 0 atom stereocenters. The number of hydrogen-bond donors (Lipinski definition) is 2. The number of H-pyrrole nitrogens is 1. The lowest BCUT2D eigenvalue weighted by atomic mass is 10.1. The lowest BCUT2D eigenvalue weighted by Gasteiger charge is -2.32. The lowest BCUT2D eigenvalue weighted by Crippen LogP contribution is -2.47. The fourth-order valence-electron chi connectivity index (χ4n) is 3.62. The molecule has 1 aliphatic rings. The van der Waals surface area contributed by atoms with E-state index in [1.54, 1.807) is 12.1 Å². The van der Waals surface area contributed by atoms with Gasteiger partial charge in [-0.15, -0.1) is 0 Å². The Bertz CT molecular complexity index is 1020. The number of fused-ring (bicyclic) bond motifs is 1. The van der Waals surface area contributed by atoms with Gasteiger partial charge in [0.1, 0.15) is 5.69 Å². The van der Waals surface area contributed by atoms with E-state index in [9.17, 15) is 9.59 Å². The number of amides is 2. The fourth-order valence-corrected chi connectivity index (χ4v) is 3.62. The average molecular weight is 391 g/mol. The van der Waals surface area contributed by atoms with Gasteiger partial charge in [-0.2, -0.15) is 0 Å². The van der Waals surface area contributed by atoms with Crippen molar-refractivity contribution in [3.8, 4) is 0 Å². The first-order valence-corrected chi connectivity index (χ1v) is 9.89. The molecule has 0 saturated carbocycles. The zero-order valence-electron chi connectivity index (χ0n) is 16.5. The van der Waals surface area contributed by atoms with Gasteiger partial charge in [0.2, 0.25) is 0 Å². The van der Waals surface area contributed by atoms with Crippen LogP contribution >= 0.6 is 0 Å². The molecule has 0 unspecified atom stereocenters. The number of benzene rings is 1. The maximum absolute atomic E-state index is 12.7. The first-order valence-electron chi connectivity index (χ1n) is 9.89. The van der Waals surface area contributed by atoms with E-state index in [-0.39, 0.29) is 17.5 Å². The van der Waals surface area contributed by atoms with E-state index >= 15 is 0 Å². The molecule has 1 fully saturated rings. The van der Waals surface area contributed by atoms with E-state index in [0.717, 1.165) is 30.6 Å². The summed E-state index contributed by atoms with van der Waals surface area (Å²) < 4.78 is 0. The number of piperazine rings is 1. The molecule has 1 aromatic carbocycles. The van der Waals surface area contributed by atoms with E-state index in [4.69, 9.17) is 0 Å². The van der Waals surface area contributed by atoms with Gasteiger partial charge in [-0.3, -0.25) is 14.6 Å². The van der Waals surface area contributed by atoms with Gasteiger partial charge in [-0.25, -0.2) is 0 Å².